The summed E-state index contributed by atoms with van der Waals surface area (Å²) in [7, 11) is 1.29. The molecule has 0 radical (unpaired) electrons. The van der Waals surface area contributed by atoms with Crippen LogP contribution < -0.4 is 10.1 Å². The van der Waals surface area contributed by atoms with Crippen LogP contribution in [0.2, 0.25) is 0 Å². The zero-order valence-corrected chi connectivity index (χ0v) is 18.4. The van der Waals surface area contributed by atoms with Crippen LogP contribution in [0, 0.1) is 0 Å². The summed E-state index contributed by atoms with van der Waals surface area (Å²) in [6, 6.07) is 21.4. The van der Waals surface area contributed by atoms with E-state index in [1.807, 2.05) is 60.7 Å². The van der Waals surface area contributed by atoms with Crippen molar-refractivity contribution in [3.63, 3.8) is 0 Å². The van der Waals surface area contributed by atoms with E-state index in [0.717, 1.165) is 22.0 Å². The highest BCUT2D eigenvalue weighted by Gasteiger charge is 2.22. The lowest BCUT2D eigenvalue weighted by Gasteiger charge is -2.17. The van der Waals surface area contributed by atoms with Crippen LogP contribution in [0.5, 0.6) is 5.75 Å². The first-order valence-corrected chi connectivity index (χ1v) is 10.7. The quantitative estimate of drug-likeness (QED) is 0.372. The van der Waals surface area contributed by atoms with Gasteiger partial charge in [0.15, 0.2) is 6.61 Å². The molecule has 1 atom stereocenters. The number of fused-ring (bicyclic) bond motifs is 4. The Labute approximate surface area is 194 Å². The molecule has 3 aromatic carbocycles. The summed E-state index contributed by atoms with van der Waals surface area (Å²) in [6.45, 7) is -0.269. The fourth-order valence-corrected chi connectivity index (χ4v) is 3.78. The van der Waals surface area contributed by atoms with Gasteiger partial charge in [0.25, 0.3) is 5.91 Å². The minimum absolute atomic E-state index is 0.269. The Morgan fingerprint density at radius 3 is 2.47 bits per heavy atom. The zero-order chi connectivity index (χ0) is 23.5. The Bertz CT molecular complexity index is 1500. The number of para-hydroxylation sites is 2. The van der Waals surface area contributed by atoms with Gasteiger partial charge in [-0.05, 0) is 29.8 Å². The third kappa shape index (κ3) is 4.38. The average molecular weight is 455 g/mol. The normalized spacial score (nSPS) is 12.0. The predicted octanol–water partition coefficient (Wildman–Crippen LogP) is 3.81. The van der Waals surface area contributed by atoms with Crippen LogP contribution in [0.3, 0.4) is 0 Å². The smallest absolute Gasteiger partial charge is 0.328 e. The van der Waals surface area contributed by atoms with Gasteiger partial charge in [0, 0.05) is 17.9 Å². The summed E-state index contributed by atoms with van der Waals surface area (Å²) in [6.07, 6.45) is 0.318. The molecule has 0 aliphatic carbocycles. The molecule has 0 spiro atoms. The number of carbonyl (C=O) groups is 2. The van der Waals surface area contributed by atoms with Gasteiger partial charge in [-0.3, -0.25) is 4.79 Å². The van der Waals surface area contributed by atoms with Crippen LogP contribution in [0.1, 0.15) is 5.56 Å². The summed E-state index contributed by atoms with van der Waals surface area (Å²) < 4.78 is 16.4. The summed E-state index contributed by atoms with van der Waals surface area (Å²) in [4.78, 5) is 33.8. The molecule has 2 aromatic heterocycles. The van der Waals surface area contributed by atoms with Crippen LogP contribution in [0.15, 0.2) is 77.2 Å². The minimum Gasteiger partial charge on any atom is -0.484 e. The molecule has 8 heteroatoms. The van der Waals surface area contributed by atoms with E-state index in [1.54, 1.807) is 12.1 Å². The molecule has 0 aliphatic rings. The highest BCUT2D eigenvalue weighted by molar-refractivity contribution is 6.03. The molecule has 0 saturated heterocycles. The van der Waals surface area contributed by atoms with Crippen molar-refractivity contribution in [3.05, 3.63) is 78.4 Å². The number of aromatic nitrogens is 2. The van der Waals surface area contributed by atoms with Crippen molar-refractivity contribution in [2.24, 2.45) is 0 Å². The van der Waals surface area contributed by atoms with Gasteiger partial charge >= 0.3 is 5.97 Å². The maximum Gasteiger partial charge on any atom is 0.328 e. The number of hydrogen-bond donors (Lipinski definition) is 1. The lowest BCUT2D eigenvalue weighted by Crippen LogP contribution is -2.44. The maximum atomic E-state index is 12.5. The SMILES string of the molecule is COC(=O)[C@H](Cc1ccccc1)NC(=O)COc1ccc2c(c1)oc1nc3ccccc3nc12. The van der Waals surface area contributed by atoms with Gasteiger partial charge in [-0.15, -0.1) is 0 Å². The molecule has 1 amide bonds. The van der Waals surface area contributed by atoms with Gasteiger partial charge in [0.05, 0.1) is 18.1 Å². The third-order valence-corrected chi connectivity index (χ3v) is 5.43. The van der Waals surface area contributed by atoms with Crippen molar-refractivity contribution in [3.8, 4) is 5.75 Å². The first-order valence-electron chi connectivity index (χ1n) is 10.7. The molecular formula is C26H21N3O5. The lowest BCUT2D eigenvalue weighted by atomic mass is 10.1. The number of furan rings is 1. The fraction of sp³-hybridized carbons (Fsp3) is 0.154. The molecular weight excluding hydrogens is 434 g/mol. The van der Waals surface area contributed by atoms with E-state index in [9.17, 15) is 9.59 Å². The van der Waals surface area contributed by atoms with Crippen LogP contribution in [0.4, 0.5) is 0 Å². The fourth-order valence-electron chi connectivity index (χ4n) is 3.78. The molecule has 1 N–H and O–H groups in total. The second-order valence-electron chi connectivity index (χ2n) is 7.75. The van der Waals surface area contributed by atoms with Crippen molar-refractivity contribution < 1.29 is 23.5 Å². The summed E-state index contributed by atoms with van der Waals surface area (Å²) in [5.74, 6) is -0.511. The number of rotatable bonds is 7. The number of hydrogen-bond acceptors (Lipinski definition) is 7. The number of nitrogens with one attached hydrogen (secondary N) is 1. The van der Waals surface area contributed by atoms with Crippen LogP contribution in [-0.2, 0) is 20.7 Å². The standard InChI is InChI=1S/C26H21N3O5/c1-32-26(31)21(13-16-7-3-2-4-8-16)27-23(30)15-33-17-11-12-18-22(14-17)34-25-24(18)28-19-9-5-6-10-20(19)29-25/h2-12,14,21H,13,15H2,1H3,(H,27,30)/t21-/m0/s1. The second kappa shape index (κ2) is 9.19. The van der Waals surface area contributed by atoms with Gasteiger partial charge < -0.3 is 19.2 Å². The highest BCUT2D eigenvalue weighted by Crippen LogP contribution is 2.30. The highest BCUT2D eigenvalue weighted by atomic mass is 16.5. The van der Waals surface area contributed by atoms with Gasteiger partial charge in [-0.1, -0.05) is 42.5 Å². The number of esters is 1. The first-order chi connectivity index (χ1) is 16.6. The number of ether oxygens (including phenoxy) is 2. The molecule has 0 saturated carbocycles. The van der Waals surface area contributed by atoms with Crippen molar-refractivity contribution >= 4 is 45.1 Å². The number of benzene rings is 3. The van der Waals surface area contributed by atoms with E-state index in [-0.39, 0.29) is 6.61 Å². The number of amides is 1. The molecule has 170 valence electrons. The van der Waals surface area contributed by atoms with Gasteiger partial charge in [0.1, 0.15) is 22.9 Å². The summed E-state index contributed by atoms with van der Waals surface area (Å²) in [5, 5.41) is 3.49. The van der Waals surface area contributed by atoms with E-state index in [4.69, 9.17) is 13.9 Å². The molecule has 5 rings (SSSR count). The molecule has 0 fully saturated rings. The van der Waals surface area contributed by atoms with E-state index in [1.165, 1.54) is 7.11 Å². The molecule has 5 aromatic rings. The Kier molecular flexibility index (Phi) is 5.78. The monoisotopic (exact) mass is 455 g/mol. The number of carbonyl (C=O) groups excluding carboxylic acids is 2. The average Bonchev–Trinajstić information content (AvgIpc) is 3.22. The number of nitrogens with zero attached hydrogens (tertiary/aromatic N) is 2. The molecule has 0 unspecified atom stereocenters. The van der Waals surface area contributed by atoms with E-state index >= 15 is 0 Å². The van der Waals surface area contributed by atoms with Gasteiger partial charge in [0.2, 0.25) is 5.71 Å². The molecule has 8 nitrogen and oxygen atoms in total. The Hall–Kier alpha value is -4.46. The Balaban J connectivity index is 1.29. The molecule has 0 aliphatic heterocycles. The second-order valence-corrected chi connectivity index (χ2v) is 7.75. The van der Waals surface area contributed by atoms with E-state index in [0.29, 0.717) is 29.0 Å². The van der Waals surface area contributed by atoms with Gasteiger partial charge in [-0.2, -0.15) is 0 Å². The van der Waals surface area contributed by atoms with Gasteiger partial charge in [-0.25, -0.2) is 14.8 Å². The summed E-state index contributed by atoms with van der Waals surface area (Å²) in [5.41, 5.74) is 4.09. The van der Waals surface area contributed by atoms with Crippen molar-refractivity contribution in [1.29, 1.82) is 0 Å². The topological polar surface area (TPSA) is 104 Å². The van der Waals surface area contributed by atoms with Crippen molar-refractivity contribution in [2.75, 3.05) is 13.7 Å². The first kappa shape index (κ1) is 21.4. The van der Waals surface area contributed by atoms with Crippen LogP contribution in [0.25, 0.3) is 33.2 Å². The maximum absolute atomic E-state index is 12.5. The largest absolute Gasteiger partial charge is 0.484 e. The Morgan fingerprint density at radius 2 is 1.71 bits per heavy atom. The Morgan fingerprint density at radius 1 is 0.971 bits per heavy atom. The molecule has 34 heavy (non-hydrogen) atoms. The van der Waals surface area contributed by atoms with Crippen molar-refractivity contribution in [1.82, 2.24) is 15.3 Å². The zero-order valence-electron chi connectivity index (χ0n) is 18.4. The van der Waals surface area contributed by atoms with Crippen LogP contribution >= 0.6 is 0 Å². The molecule has 2 heterocycles. The van der Waals surface area contributed by atoms with E-state index in [2.05, 4.69) is 15.3 Å². The third-order valence-electron chi connectivity index (χ3n) is 5.43. The molecule has 0 bridgehead atoms. The van der Waals surface area contributed by atoms with Crippen LogP contribution in [-0.4, -0.2) is 41.6 Å². The van der Waals surface area contributed by atoms with Crippen molar-refractivity contribution in [2.45, 2.75) is 12.5 Å². The minimum atomic E-state index is -0.812. The van der Waals surface area contributed by atoms with E-state index < -0.39 is 17.9 Å². The number of methoxy groups -OCH3 is 1. The lowest BCUT2D eigenvalue weighted by molar-refractivity contribution is -0.145. The summed E-state index contributed by atoms with van der Waals surface area (Å²) >= 11 is 0. The predicted molar refractivity (Wildman–Crippen MR) is 126 cm³/mol.